The van der Waals surface area contributed by atoms with Crippen LogP contribution in [0.15, 0.2) is 0 Å². The van der Waals surface area contributed by atoms with E-state index in [1.165, 1.54) is 19.8 Å². The monoisotopic (exact) mass is 209 g/mol. The molecule has 0 rings (SSSR count). The second-order valence-corrected chi connectivity index (χ2v) is 4.62. The molecule has 0 amide bonds. The lowest BCUT2D eigenvalue weighted by atomic mass is 9.77. The van der Waals surface area contributed by atoms with Crippen molar-refractivity contribution in [1.82, 2.24) is 0 Å². The van der Waals surface area contributed by atoms with Crippen LogP contribution in [0.4, 0.5) is 0 Å². The number of unbranched alkanes of at least 4 members (excludes halogenated alkanes) is 1. The first kappa shape index (κ1) is 14.2. The first-order chi connectivity index (χ1) is 7.00. The van der Waals surface area contributed by atoms with Crippen molar-refractivity contribution < 1.29 is 4.79 Å². The summed E-state index contributed by atoms with van der Waals surface area (Å²) in [4.78, 5) is 11.4. The summed E-state index contributed by atoms with van der Waals surface area (Å²) in [5, 5.41) is 9.05. The standard InChI is InChI=1S/C13H23NO/c1-5-7-8-12(6-2)9-13(4,10-14)11(3)15/h12H,5-9H2,1-4H3. The molecule has 0 aromatic carbocycles. The van der Waals surface area contributed by atoms with Gasteiger partial charge in [-0.15, -0.1) is 0 Å². The van der Waals surface area contributed by atoms with E-state index in [9.17, 15) is 4.79 Å². The Labute approximate surface area is 93.7 Å². The highest BCUT2D eigenvalue weighted by molar-refractivity contribution is 5.84. The van der Waals surface area contributed by atoms with Crippen LogP contribution in [-0.4, -0.2) is 5.78 Å². The fourth-order valence-electron chi connectivity index (χ4n) is 1.79. The van der Waals surface area contributed by atoms with Gasteiger partial charge in [0.2, 0.25) is 0 Å². The van der Waals surface area contributed by atoms with Crippen molar-refractivity contribution in [2.75, 3.05) is 0 Å². The molecule has 0 N–H and O–H groups in total. The van der Waals surface area contributed by atoms with Crippen molar-refractivity contribution >= 4 is 5.78 Å². The molecular weight excluding hydrogens is 186 g/mol. The molecule has 86 valence electrons. The van der Waals surface area contributed by atoms with Gasteiger partial charge >= 0.3 is 0 Å². The van der Waals surface area contributed by atoms with Gasteiger partial charge in [0, 0.05) is 0 Å². The first-order valence-corrected chi connectivity index (χ1v) is 5.92. The number of rotatable bonds is 7. The number of hydrogen-bond donors (Lipinski definition) is 0. The van der Waals surface area contributed by atoms with Crippen molar-refractivity contribution in [3.8, 4) is 6.07 Å². The fraction of sp³-hybridized carbons (Fsp3) is 0.846. The van der Waals surface area contributed by atoms with E-state index >= 15 is 0 Å². The van der Waals surface area contributed by atoms with Crippen molar-refractivity contribution in [3.63, 3.8) is 0 Å². The van der Waals surface area contributed by atoms with E-state index in [2.05, 4.69) is 19.9 Å². The number of Topliss-reactive ketones (excluding diaryl/α,β-unsaturated/α-hetero) is 1. The summed E-state index contributed by atoms with van der Waals surface area (Å²) in [6.07, 6.45) is 5.29. The molecule has 2 unspecified atom stereocenters. The molecule has 0 bridgehead atoms. The van der Waals surface area contributed by atoms with Gasteiger partial charge in [0.15, 0.2) is 0 Å². The zero-order valence-electron chi connectivity index (χ0n) is 10.5. The molecular formula is C13H23NO. The number of carbonyl (C=O) groups is 1. The Morgan fingerprint density at radius 3 is 2.40 bits per heavy atom. The van der Waals surface area contributed by atoms with E-state index in [4.69, 9.17) is 5.26 Å². The van der Waals surface area contributed by atoms with Crippen LogP contribution in [0.2, 0.25) is 0 Å². The van der Waals surface area contributed by atoms with E-state index in [0.717, 1.165) is 19.3 Å². The Morgan fingerprint density at radius 2 is 2.07 bits per heavy atom. The van der Waals surface area contributed by atoms with Crippen molar-refractivity contribution in [2.24, 2.45) is 11.3 Å². The minimum absolute atomic E-state index is 0.0000477. The Morgan fingerprint density at radius 1 is 1.47 bits per heavy atom. The van der Waals surface area contributed by atoms with Gasteiger partial charge in [-0.1, -0.05) is 39.5 Å². The normalized spacial score (nSPS) is 16.5. The lowest BCUT2D eigenvalue weighted by molar-refractivity contribution is -0.123. The maximum atomic E-state index is 11.4. The molecule has 2 nitrogen and oxygen atoms in total. The molecule has 0 heterocycles. The van der Waals surface area contributed by atoms with Gasteiger partial charge in [0.1, 0.15) is 11.2 Å². The molecule has 0 aliphatic rings. The second kappa shape index (κ2) is 6.61. The fourth-order valence-corrected chi connectivity index (χ4v) is 1.79. The zero-order valence-corrected chi connectivity index (χ0v) is 10.5. The molecule has 0 aliphatic heterocycles. The third kappa shape index (κ3) is 4.46. The smallest absolute Gasteiger partial charge is 0.149 e. The van der Waals surface area contributed by atoms with Crippen LogP contribution in [0.5, 0.6) is 0 Å². The SMILES string of the molecule is CCCCC(CC)CC(C)(C#N)C(C)=O. The van der Waals surface area contributed by atoms with E-state index in [-0.39, 0.29) is 5.78 Å². The summed E-state index contributed by atoms with van der Waals surface area (Å²) in [5.41, 5.74) is -0.769. The lowest BCUT2D eigenvalue weighted by Crippen LogP contribution is -2.26. The van der Waals surface area contributed by atoms with E-state index < -0.39 is 5.41 Å². The predicted molar refractivity (Wildman–Crippen MR) is 62.3 cm³/mol. The van der Waals surface area contributed by atoms with E-state index in [1.807, 2.05) is 0 Å². The quantitative estimate of drug-likeness (QED) is 0.641. The van der Waals surface area contributed by atoms with Gasteiger partial charge in [-0.3, -0.25) is 4.79 Å². The molecule has 0 fully saturated rings. The highest BCUT2D eigenvalue weighted by Crippen LogP contribution is 2.30. The lowest BCUT2D eigenvalue weighted by Gasteiger charge is -2.24. The Bertz CT molecular complexity index is 241. The van der Waals surface area contributed by atoms with Crippen LogP contribution in [-0.2, 0) is 4.79 Å². The van der Waals surface area contributed by atoms with Crippen LogP contribution in [0.3, 0.4) is 0 Å². The summed E-state index contributed by atoms with van der Waals surface area (Å²) in [6, 6.07) is 2.17. The van der Waals surface area contributed by atoms with Crippen LogP contribution in [0, 0.1) is 22.7 Å². The molecule has 0 saturated carbocycles. The summed E-state index contributed by atoms with van der Waals surface area (Å²) < 4.78 is 0. The molecule has 0 aromatic rings. The third-order valence-electron chi connectivity index (χ3n) is 3.26. The van der Waals surface area contributed by atoms with Crippen molar-refractivity contribution in [1.29, 1.82) is 5.26 Å². The number of ketones is 1. The molecule has 0 saturated heterocycles. The molecule has 2 heteroatoms. The maximum absolute atomic E-state index is 11.4. The predicted octanol–water partition coefficient (Wildman–Crippen LogP) is 3.71. The van der Waals surface area contributed by atoms with Gasteiger partial charge in [-0.05, 0) is 26.2 Å². The molecule has 0 spiro atoms. The molecule has 2 atom stereocenters. The largest absolute Gasteiger partial charge is 0.298 e. The first-order valence-electron chi connectivity index (χ1n) is 5.92. The summed E-state index contributed by atoms with van der Waals surface area (Å²) >= 11 is 0. The van der Waals surface area contributed by atoms with Gasteiger partial charge in [0.25, 0.3) is 0 Å². The van der Waals surface area contributed by atoms with E-state index in [0.29, 0.717) is 5.92 Å². The number of nitrogens with zero attached hydrogens (tertiary/aromatic N) is 1. The topological polar surface area (TPSA) is 40.9 Å². The molecule has 0 radical (unpaired) electrons. The van der Waals surface area contributed by atoms with E-state index in [1.54, 1.807) is 6.92 Å². The summed E-state index contributed by atoms with van der Waals surface area (Å²) in [5.74, 6) is 0.512. The van der Waals surface area contributed by atoms with Crippen LogP contribution in [0.25, 0.3) is 0 Å². The van der Waals surface area contributed by atoms with Gasteiger partial charge < -0.3 is 0 Å². The number of hydrogen-bond acceptors (Lipinski definition) is 2. The van der Waals surface area contributed by atoms with Gasteiger partial charge in [-0.25, -0.2) is 0 Å². The van der Waals surface area contributed by atoms with Gasteiger partial charge in [-0.2, -0.15) is 5.26 Å². The Balaban J connectivity index is 4.38. The van der Waals surface area contributed by atoms with Gasteiger partial charge in [0.05, 0.1) is 6.07 Å². The highest BCUT2D eigenvalue weighted by atomic mass is 16.1. The average molecular weight is 209 g/mol. The minimum atomic E-state index is -0.769. The summed E-state index contributed by atoms with van der Waals surface area (Å²) in [6.45, 7) is 7.60. The Kier molecular flexibility index (Phi) is 6.24. The number of nitriles is 1. The maximum Gasteiger partial charge on any atom is 0.149 e. The van der Waals surface area contributed by atoms with Crippen LogP contribution < -0.4 is 0 Å². The highest BCUT2D eigenvalue weighted by Gasteiger charge is 2.32. The van der Waals surface area contributed by atoms with Crippen LogP contribution >= 0.6 is 0 Å². The van der Waals surface area contributed by atoms with Crippen molar-refractivity contribution in [2.45, 2.75) is 59.8 Å². The number of carbonyl (C=O) groups excluding carboxylic acids is 1. The second-order valence-electron chi connectivity index (χ2n) is 4.62. The van der Waals surface area contributed by atoms with Crippen LogP contribution in [0.1, 0.15) is 59.8 Å². The third-order valence-corrected chi connectivity index (χ3v) is 3.26. The summed E-state index contributed by atoms with van der Waals surface area (Å²) in [7, 11) is 0. The molecule has 0 aromatic heterocycles. The zero-order chi connectivity index (χ0) is 11.9. The van der Waals surface area contributed by atoms with Crippen molar-refractivity contribution in [3.05, 3.63) is 0 Å². The minimum Gasteiger partial charge on any atom is -0.298 e. The molecule has 15 heavy (non-hydrogen) atoms. The Hall–Kier alpha value is -0.840. The average Bonchev–Trinajstić information content (AvgIpc) is 2.23. The molecule has 0 aliphatic carbocycles.